The molecule has 0 amide bonds. The molecule has 1 aromatic heterocycles. The van der Waals surface area contributed by atoms with Crippen molar-refractivity contribution in [3.05, 3.63) is 66.5 Å². The van der Waals surface area contributed by atoms with Crippen molar-refractivity contribution in [2.75, 3.05) is 0 Å². The summed E-state index contributed by atoms with van der Waals surface area (Å²) < 4.78 is 61.1. The van der Waals surface area contributed by atoms with Gasteiger partial charge in [-0.3, -0.25) is 0 Å². The Labute approximate surface area is 144 Å². The first-order chi connectivity index (χ1) is 11.6. The smallest absolute Gasteiger partial charge is 0.485 e. The fraction of sp³-hybridized carbons (Fsp3) is 0.235. The molecule has 0 saturated carbocycles. The highest BCUT2D eigenvalue weighted by Gasteiger charge is 2.36. The van der Waals surface area contributed by atoms with Crippen LogP contribution in [0.25, 0.3) is 0 Å². The number of hydrogen-bond donors (Lipinski definition) is 0. The van der Waals surface area contributed by atoms with E-state index in [0.29, 0.717) is 6.04 Å². The Bertz CT molecular complexity index is 785. The lowest BCUT2D eigenvalue weighted by Crippen LogP contribution is -2.39. The molecule has 0 bridgehead atoms. The maximum atomic E-state index is 10.7. The second-order valence-electron chi connectivity index (χ2n) is 4.97. The van der Waals surface area contributed by atoms with Crippen LogP contribution >= 0.6 is 0 Å². The van der Waals surface area contributed by atoms with Crippen molar-refractivity contribution in [3.8, 4) is 12.3 Å². The van der Waals surface area contributed by atoms with Crippen molar-refractivity contribution in [2.45, 2.75) is 24.4 Å². The molecule has 0 aliphatic carbocycles. The molecule has 0 saturated heterocycles. The maximum Gasteiger partial charge on any atom is 0.485 e. The lowest BCUT2D eigenvalue weighted by molar-refractivity contribution is -0.722. The van der Waals surface area contributed by atoms with E-state index in [1.165, 1.54) is 5.56 Å². The third kappa shape index (κ3) is 7.37. The van der Waals surface area contributed by atoms with E-state index in [0.717, 1.165) is 12.8 Å². The van der Waals surface area contributed by atoms with Gasteiger partial charge in [0.25, 0.3) is 0 Å². The molecular weight excluding hydrogens is 355 g/mol. The van der Waals surface area contributed by atoms with E-state index in [9.17, 15) is 13.2 Å². The Morgan fingerprint density at radius 1 is 1.08 bits per heavy atom. The van der Waals surface area contributed by atoms with E-state index in [-0.39, 0.29) is 0 Å². The van der Waals surface area contributed by atoms with Crippen molar-refractivity contribution < 1.29 is 30.7 Å². The van der Waals surface area contributed by atoms with Gasteiger partial charge in [0, 0.05) is 18.6 Å². The van der Waals surface area contributed by atoms with Crippen LogP contribution in [0.15, 0.2) is 60.9 Å². The van der Waals surface area contributed by atoms with Crippen LogP contribution in [-0.2, 0) is 16.5 Å². The van der Waals surface area contributed by atoms with Crippen molar-refractivity contribution in [1.82, 2.24) is 0 Å². The molecule has 8 heteroatoms. The molecule has 2 aromatic rings. The summed E-state index contributed by atoms with van der Waals surface area (Å²) in [6, 6.07) is 16.9. The zero-order valence-electron chi connectivity index (χ0n) is 13.1. The highest BCUT2D eigenvalue weighted by molar-refractivity contribution is 7.86. The van der Waals surface area contributed by atoms with Crippen LogP contribution in [0, 0.1) is 12.3 Å². The molecule has 25 heavy (non-hydrogen) atoms. The van der Waals surface area contributed by atoms with Gasteiger partial charge in [0.15, 0.2) is 28.6 Å². The van der Waals surface area contributed by atoms with Gasteiger partial charge in [-0.25, -0.2) is 13.0 Å². The van der Waals surface area contributed by atoms with Crippen LogP contribution in [0.3, 0.4) is 0 Å². The Morgan fingerprint density at radius 3 is 2.00 bits per heavy atom. The Hall–Kier alpha value is -2.37. The summed E-state index contributed by atoms with van der Waals surface area (Å²) in [5.74, 6) is 2.77. The standard InChI is InChI=1S/C16H16N.CHF3O3S/c1-2-9-16(17-12-7-4-8-13-17)14-15-10-5-3-6-11-15;2-1(3,4)8(5,6)7/h1,3-8,10-13,16H,9,14H2;(H,5,6,7)/q+1;/p-1. The monoisotopic (exact) mass is 371 g/mol. The fourth-order valence-electron chi connectivity index (χ4n) is 1.96. The first-order valence-corrected chi connectivity index (χ1v) is 8.51. The van der Waals surface area contributed by atoms with E-state index >= 15 is 0 Å². The molecule has 4 nitrogen and oxygen atoms in total. The van der Waals surface area contributed by atoms with Gasteiger partial charge < -0.3 is 4.55 Å². The minimum Gasteiger partial charge on any atom is -0.741 e. The summed E-state index contributed by atoms with van der Waals surface area (Å²) in [5, 5.41) is 0. The van der Waals surface area contributed by atoms with Crippen LogP contribution in [0.2, 0.25) is 0 Å². The summed E-state index contributed by atoms with van der Waals surface area (Å²) in [7, 11) is -6.09. The first kappa shape index (κ1) is 20.7. The molecule has 0 radical (unpaired) electrons. The van der Waals surface area contributed by atoms with Gasteiger partial charge in [0.1, 0.15) is 0 Å². The predicted octanol–water partition coefficient (Wildman–Crippen LogP) is 2.83. The third-order valence-corrected chi connectivity index (χ3v) is 3.68. The second kappa shape index (κ2) is 9.20. The van der Waals surface area contributed by atoms with Gasteiger partial charge in [-0.2, -0.15) is 13.2 Å². The molecule has 134 valence electrons. The molecule has 2 rings (SSSR count). The number of hydrogen-bond acceptors (Lipinski definition) is 3. The van der Waals surface area contributed by atoms with Gasteiger partial charge in [0.2, 0.25) is 0 Å². The van der Waals surface area contributed by atoms with Crippen LogP contribution in [0.1, 0.15) is 18.0 Å². The highest BCUT2D eigenvalue weighted by Crippen LogP contribution is 2.20. The number of terminal acetylenes is 1. The summed E-state index contributed by atoms with van der Waals surface area (Å²) >= 11 is 0. The van der Waals surface area contributed by atoms with E-state index in [1.807, 2.05) is 24.3 Å². The average Bonchev–Trinajstić information content (AvgIpc) is 2.55. The van der Waals surface area contributed by atoms with Gasteiger partial charge in [-0.15, -0.1) is 6.42 Å². The third-order valence-electron chi connectivity index (χ3n) is 3.11. The number of halogens is 3. The summed E-state index contributed by atoms with van der Waals surface area (Å²) in [6.07, 6.45) is 11.3. The van der Waals surface area contributed by atoms with E-state index in [4.69, 9.17) is 19.4 Å². The topological polar surface area (TPSA) is 61.1 Å². The number of alkyl halides is 3. The SMILES string of the molecule is C#CCC(Cc1ccccc1)[n+]1ccccc1.O=S(=O)([O-])C(F)(F)F. The summed E-state index contributed by atoms with van der Waals surface area (Å²) in [5.41, 5.74) is -4.32. The Kier molecular flexibility index (Phi) is 7.61. The molecule has 0 N–H and O–H groups in total. The summed E-state index contributed by atoms with van der Waals surface area (Å²) in [4.78, 5) is 0. The van der Waals surface area contributed by atoms with E-state index in [1.54, 1.807) is 0 Å². The van der Waals surface area contributed by atoms with Gasteiger partial charge in [0.05, 0.1) is 6.42 Å². The zero-order chi connectivity index (χ0) is 18.9. The number of nitrogens with zero attached hydrogens (tertiary/aromatic N) is 1. The molecular formula is C17H16F3NO3S. The van der Waals surface area contributed by atoms with Gasteiger partial charge >= 0.3 is 5.51 Å². The molecule has 1 unspecified atom stereocenters. The van der Waals surface area contributed by atoms with Crippen LogP contribution in [-0.4, -0.2) is 18.5 Å². The summed E-state index contributed by atoms with van der Waals surface area (Å²) in [6.45, 7) is 0. The molecule has 1 aromatic carbocycles. The molecule has 1 atom stereocenters. The lowest BCUT2D eigenvalue weighted by Gasteiger charge is -2.09. The molecule has 1 heterocycles. The number of pyridine rings is 1. The lowest BCUT2D eigenvalue weighted by atomic mass is 10.0. The largest absolute Gasteiger partial charge is 0.741 e. The quantitative estimate of drug-likeness (QED) is 0.359. The van der Waals surface area contributed by atoms with Crippen LogP contribution in [0.5, 0.6) is 0 Å². The average molecular weight is 371 g/mol. The Morgan fingerprint density at radius 2 is 1.56 bits per heavy atom. The van der Waals surface area contributed by atoms with Crippen molar-refractivity contribution in [3.63, 3.8) is 0 Å². The van der Waals surface area contributed by atoms with Gasteiger partial charge in [-0.05, 0) is 5.56 Å². The molecule has 0 aliphatic rings. The van der Waals surface area contributed by atoms with E-state index in [2.05, 4.69) is 47.1 Å². The number of benzene rings is 1. The Balaban J connectivity index is 0.000000333. The zero-order valence-corrected chi connectivity index (χ0v) is 13.9. The van der Waals surface area contributed by atoms with Gasteiger partial charge in [-0.1, -0.05) is 42.3 Å². The highest BCUT2D eigenvalue weighted by atomic mass is 32.2. The molecule has 0 aliphatic heterocycles. The predicted molar refractivity (Wildman–Crippen MR) is 85.0 cm³/mol. The van der Waals surface area contributed by atoms with Crippen molar-refractivity contribution in [1.29, 1.82) is 0 Å². The first-order valence-electron chi connectivity index (χ1n) is 7.10. The van der Waals surface area contributed by atoms with Crippen LogP contribution in [0.4, 0.5) is 13.2 Å². The minimum atomic E-state index is -6.09. The second-order valence-corrected chi connectivity index (χ2v) is 6.35. The fourth-order valence-corrected chi connectivity index (χ4v) is 1.96. The van der Waals surface area contributed by atoms with Crippen LogP contribution < -0.4 is 4.57 Å². The van der Waals surface area contributed by atoms with Crippen molar-refractivity contribution >= 4 is 10.1 Å². The van der Waals surface area contributed by atoms with E-state index < -0.39 is 15.6 Å². The normalized spacial score (nSPS) is 12.4. The molecule has 0 spiro atoms. The number of rotatable bonds is 4. The molecule has 0 fully saturated rings. The maximum absolute atomic E-state index is 10.7. The minimum absolute atomic E-state index is 0.337. The van der Waals surface area contributed by atoms with Crippen molar-refractivity contribution in [2.24, 2.45) is 0 Å². The number of aromatic nitrogens is 1.